The molecule has 0 fully saturated rings. The minimum atomic E-state index is 0. The van der Waals surface area contributed by atoms with Crippen molar-refractivity contribution in [3.05, 3.63) is 41.0 Å². The zero-order valence-corrected chi connectivity index (χ0v) is 8.60. The second-order valence-electron chi connectivity index (χ2n) is 2.31. The average molecular weight is 245 g/mol. The molecule has 0 atom stereocenters. The normalized spacial score (nSPS) is 9.42. The van der Waals surface area contributed by atoms with E-state index in [1.807, 2.05) is 30.3 Å². The van der Waals surface area contributed by atoms with Crippen molar-refractivity contribution in [1.29, 1.82) is 0 Å². The van der Waals surface area contributed by atoms with Crippen molar-refractivity contribution in [3.8, 4) is 0 Å². The first-order valence-electron chi connectivity index (χ1n) is 3.37. The van der Waals surface area contributed by atoms with Crippen LogP contribution in [0, 0.1) is 0 Å². The maximum atomic E-state index is 4.23. The monoisotopic (exact) mass is 243 g/mol. The molecule has 2 aromatic rings. The van der Waals surface area contributed by atoms with Crippen molar-refractivity contribution >= 4 is 39.2 Å². The van der Waals surface area contributed by atoms with Gasteiger partial charge in [0.15, 0.2) is 0 Å². The number of rotatable bonds is 0. The zero-order valence-electron chi connectivity index (χ0n) is 6.20. The number of benzene rings is 1. The number of para-hydroxylation sites is 1. The van der Waals surface area contributed by atoms with Crippen LogP contribution in [0.25, 0.3) is 10.9 Å². The highest BCUT2D eigenvalue weighted by atomic mass is 79.9. The van der Waals surface area contributed by atoms with Crippen LogP contribution < -0.4 is 0 Å². The van der Waals surface area contributed by atoms with Crippen LogP contribution in [0.15, 0.2) is 41.0 Å². The van der Waals surface area contributed by atoms with E-state index in [-0.39, 0.29) is 12.4 Å². The van der Waals surface area contributed by atoms with Crippen LogP contribution in [0.5, 0.6) is 0 Å². The first-order chi connectivity index (χ1) is 5.38. The molecule has 3 heteroatoms. The molecule has 0 unspecified atom stereocenters. The minimum absolute atomic E-state index is 0. The third-order valence-corrected chi connectivity index (χ3v) is 2.22. The average Bonchev–Trinajstić information content (AvgIpc) is 2.06. The number of pyridine rings is 1. The lowest BCUT2D eigenvalue weighted by Gasteiger charge is -1.96. The summed E-state index contributed by atoms with van der Waals surface area (Å²) in [5, 5.41) is 1.17. The van der Waals surface area contributed by atoms with Crippen LogP contribution in [0.1, 0.15) is 0 Å². The van der Waals surface area contributed by atoms with E-state index in [1.54, 1.807) is 6.20 Å². The fraction of sp³-hybridized carbons (Fsp3) is 0. The summed E-state index contributed by atoms with van der Waals surface area (Å²) in [6, 6.07) is 10.0. The van der Waals surface area contributed by atoms with Gasteiger partial charge in [0.25, 0.3) is 0 Å². The molecule has 0 radical (unpaired) electrons. The van der Waals surface area contributed by atoms with Gasteiger partial charge in [-0.15, -0.1) is 12.4 Å². The van der Waals surface area contributed by atoms with Crippen LogP contribution in [0.3, 0.4) is 0 Å². The lowest BCUT2D eigenvalue weighted by molar-refractivity contribution is 1.40. The Labute approximate surface area is 85.4 Å². The number of hydrogen-bond donors (Lipinski definition) is 0. The molecule has 2 rings (SSSR count). The molecule has 62 valence electrons. The molecule has 0 saturated heterocycles. The summed E-state index contributed by atoms with van der Waals surface area (Å²) in [7, 11) is 0. The second kappa shape index (κ2) is 3.87. The van der Waals surface area contributed by atoms with Crippen molar-refractivity contribution in [2.45, 2.75) is 0 Å². The number of halogens is 2. The fourth-order valence-electron chi connectivity index (χ4n) is 1.07. The minimum Gasteiger partial charge on any atom is -0.255 e. The summed E-state index contributed by atoms with van der Waals surface area (Å²) >= 11 is 3.43. The highest BCUT2D eigenvalue weighted by Crippen LogP contribution is 2.20. The third-order valence-electron chi connectivity index (χ3n) is 1.58. The van der Waals surface area contributed by atoms with Gasteiger partial charge in [-0.3, -0.25) is 4.98 Å². The molecular formula is C9H7BrClN. The molecule has 0 spiro atoms. The summed E-state index contributed by atoms with van der Waals surface area (Å²) in [6.45, 7) is 0. The SMILES string of the molecule is Brc1cccc2cccnc12.Cl. The van der Waals surface area contributed by atoms with Crippen LogP contribution >= 0.6 is 28.3 Å². The molecule has 0 saturated carbocycles. The number of nitrogens with zero attached hydrogens (tertiary/aromatic N) is 1. The van der Waals surface area contributed by atoms with E-state index in [4.69, 9.17) is 0 Å². The maximum absolute atomic E-state index is 4.23. The van der Waals surface area contributed by atoms with Crippen LogP contribution in [-0.4, -0.2) is 4.98 Å². The van der Waals surface area contributed by atoms with Crippen molar-refractivity contribution in [2.75, 3.05) is 0 Å². The van der Waals surface area contributed by atoms with Crippen LogP contribution in [0.4, 0.5) is 0 Å². The van der Waals surface area contributed by atoms with E-state index in [0.29, 0.717) is 0 Å². The standard InChI is InChI=1S/C9H6BrN.ClH/c10-8-5-1-3-7-4-2-6-11-9(7)8;/h1-6H;1H. The molecule has 0 aliphatic carbocycles. The molecule has 0 bridgehead atoms. The van der Waals surface area contributed by atoms with Crippen molar-refractivity contribution < 1.29 is 0 Å². The fourth-order valence-corrected chi connectivity index (χ4v) is 1.55. The lowest BCUT2D eigenvalue weighted by Crippen LogP contribution is -1.76. The van der Waals surface area contributed by atoms with Crippen molar-refractivity contribution in [2.24, 2.45) is 0 Å². The molecule has 0 aliphatic heterocycles. The second-order valence-corrected chi connectivity index (χ2v) is 3.17. The van der Waals surface area contributed by atoms with Gasteiger partial charge in [0, 0.05) is 16.1 Å². The van der Waals surface area contributed by atoms with Crippen LogP contribution in [0.2, 0.25) is 0 Å². The first kappa shape index (κ1) is 9.49. The summed E-state index contributed by atoms with van der Waals surface area (Å²) in [5.74, 6) is 0. The predicted octanol–water partition coefficient (Wildman–Crippen LogP) is 3.42. The number of fused-ring (bicyclic) bond motifs is 1. The lowest BCUT2D eigenvalue weighted by atomic mass is 10.2. The Morgan fingerprint density at radius 2 is 1.83 bits per heavy atom. The van der Waals surface area contributed by atoms with Gasteiger partial charge < -0.3 is 0 Å². The largest absolute Gasteiger partial charge is 0.255 e. The van der Waals surface area contributed by atoms with Gasteiger partial charge in [-0.05, 0) is 28.1 Å². The molecule has 0 N–H and O–H groups in total. The molecule has 1 aromatic carbocycles. The molecule has 0 aliphatic rings. The van der Waals surface area contributed by atoms with Crippen LogP contribution in [-0.2, 0) is 0 Å². The Balaban J connectivity index is 0.000000720. The summed E-state index contributed by atoms with van der Waals surface area (Å²) in [4.78, 5) is 4.23. The Hall–Kier alpha value is -0.600. The highest BCUT2D eigenvalue weighted by Gasteiger charge is 1.95. The maximum Gasteiger partial charge on any atom is 0.0843 e. The number of hydrogen-bond acceptors (Lipinski definition) is 1. The van der Waals surface area contributed by atoms with E-state index >= 15 is 0 Å². The van der Waals surface area contributed by atoms with Crippen molar-refractivity contribution in [3.63, 3.8) is 0 Å². The highest BCUT2D eigenvalue weighted by molar-refractivity contribution is 9.10. The molecule has 1 heterocycles. The zero-order chi connectivity index (χ0) is 7.68. The van der Waals surface area contributed by atoms with Gasteiger partial charge in [0.1, 0.15) is 0 Å². The smallest absolute Gasteiger partial charge is 0.0843 e. The van der Waals surface area contributed by atoms with Gasteiger partial charge in [0.05, 0.1) is 5.52 Å². The van der Waals surface area contributed by atoms with Gasteiger partial charge in [-0.1, -0.05) is 18.2 Å². The Morgan fingerprint density at radius 1 is 1.08 bits per heavy atom. The van der Waals surface area contributed by atoms with Gasteiger partial charge >= 0.3 is 0 Å². The van der Waals surface area contributed by atoms with E-state index in [1.165, 1.54) is 5.39 Å². The Bertz CT molecular complexity index is 384. The third kappa shape index (κ3) is 1.59. The Morgan fingerprint density at radius 3 is 2.58 bits per heavy atom. The van der Waals surface area contributed by atoms with Gasteiger partial charge in [0.2, 0.25) is 0 Å². The quantitative estimate of drug-likeness (QED) is 0.692. The Kier molecular flexibility index (Phi) is 3.06. The van der Waals surface area contributed by atoms with E-state index in [0.717, 1.165) is 9.99 Å². The van der Waals surface area contributed by atoms with E-state index in [2.05, 4.69) is 20.9 Å². The van der Waals surface area contributed by atoms with Crippen molar-refractivity contribution in [1.82, 2.24) is 4.98 Å². The number of aromatic nitrogens is 1. The topological polar surface area (TPSA) is 12.9 Å². The summed E-state index contributed by atoms with van der Waals surface area (Å²) < 4.78 is 1.05. The predicted molar refractivity (Wildman–Crippen MR) is 56.7 cm³/mol. The first-order valence-corrected chi connectivity index (χ1v) is 4.16. The molecule has 1 nitrogen and oxygen atoms in total. The van der Waals surface area contributed by atoms with E-state index in [9.17, 15) is 0 Å². The summed E-state index contributed by atoms with van der Waals surface area (Å²) in [6.07, 6.45) is 1.80. The van der Waals surface area contributed by atoms with Gasteiger partial charge in [-0.25, -0.2) is 0 Å². The molecule has 12 heavy (non-hydrogen) atoms. The van der Waals surface area contributed by atoms with E-state index < -0.39 is 0 Å². The molecule has 0 amide bonds. The summed E-state index contributed by atoms with van der Waals surface area (Å²) in [5.41, 5.74) is 1.02. The molecular weight excluding hydrogens is 237 g/mol. The molecule has 1 aromatic heterocycles. The van der Waals surface area contributed by atoms with Gasteiger partial charge in [-0.2, -0.15) is 0 Å².